The molecule has 2 aliphatic heterocycles. The molecule has 0 saturated carbocycles. The van der Waals surface area contributed by atoms with Gasteiger partial charge in [-0.1, -0.05) is 25.1 Å². The van der Waals surface area contributed by atoms with Crippen LogP contribution in [0.4, 0.5) is 4.79 Å². The number of β-amino-alcohol motifs (C(OH)–C–C–N with tert-alkyl or cyclic N) is 1. The summed E-state index contributed by atoms with van der Waals surface area (Å²) in [6.45, 7) is 4.39. The molecule has 0 spiro atoms. The zero-order valence-corrected chi connectivity index (χ0v) is 17.6. The van der Waals surface area contributed by atoms with Crippen LogP contribution in [0.5, 0.6) is 17.2 Å². The second kappa shape index (κ2) is 8.47. The number of ether oxygens (including phenoxy) is 3. The number of carbonyl (C=O) groups excluding carboxylic acids is 2. The van der Waals surface area contributed by atoms with Crippen molar-refractivity contribution in [2.45, 2.75) is 31.9 Å². The molecule has 8 heteroatoms. The molecule has 2 atom stereocenters. The molecule has 2 aromatic rings. The highest BCUT2D eigenvalue weighted by Gasteiger charge is 2.49. The largest absolute Gasteiger partial charge is 0.491 e. The molecule has 31 heavy (non-hydrogen) atoms. The molecular weight excluding hydrogens is 400 g/mol. The molecule has 0 bridgehead atoms. The lowest BCUT2D eigenvalue weighted by Gasteiger charge is -2.25. The zero-order chi connectivity index (χ0) is 22.0. The number of urea groups is 1. The molecule has 0 radical (unpaired) electrons. The summed E-state index contributed by atoms with van der Waals surface area (Å²) in [5, 5.41) is 13.1. The van der Waals surface area contributed by atoms with Crippen LogP contribution in [0.15, 0.2) is 42.5 Å². The number of nitrogens with one attached hydrogen (secondary N) is 1. The average molecular weight is 426 g/mol. The number of hydrogen-bond donors (Lipinski definition) is 2. The van der Waals surface area contributed by atoms with Gasteiger partial charge in [0.1, 0.15) is 37.2 Å². The Labute approximate surface area is 180 Å². The molecule has 2 N–H and O–H groups in total. The summed E-state index contributed by atoms with van der Waals surface area (Å²) < 4.78 is 16.7. The van der Waals surface area contributed by atoms with Gasteiger partial charge in [-0.25, -0.2) is 4.79 Å². The lowest BCUT2D eigenvalue weighted by atomic mass is 9.91. The Morgan fingerprint density at radius 2 is 1.84 bits per heavy atom. The van der Waals surface area contributed by atoms with E-state index in [9.17, 15) is 14.7 Å². The highest BCUT2D eigenvalue weighted by Crippen LogP contribution is 2.36. The van der Waals surface area contributed by atoms with Crippen LogP contribution in [0.1, 0.15) is 25.0 Å². The molecule has 3 amide bonds. The quantitative estimate of drug-likeness (QED) is 0.659. The molecule has 1 saturated heterocycles. The number of imide groups is 1. The number of aliphatic hydroxyl groups is 1. The Hall–Kier alpha value is -3.26. The average Bonchev–Trinajstić information content (AvgIpc) is 3.01. The number of aryl methyl sites for hydroxylation is 1. The van der Waals surface area contributed by atoms with Gasteiger partial charge in [0.05, 0.1) is 6.54 Å². The van der Waals surface area contributed by atoms with Gasteiger partial charge in [-0.05, 0) is 48.7 Å². The molecule has 164 valence electrons. The van der Waals surface area contributed by atoms with Crippen LogP contribution in [0, 0.1) is 0 Å². The van der Waals surface area contributed by atoms with E-state index in [4.69, 9.17) is 14.2 Å². The smallest absolute Gasteiger partial charge is 0.325 e. The van der Waals surface area contributed by atoms with Crippen LogP contribution in [-0.4, -0.2) is 54.4 Å². The first-order chi connectivity index (χ1) is 14.9. The Morgan fingerprint density at radius 1 is 1.13 bits per heavy atom. The highest BCUT2D eigenvalue weighted by molar-refractivity contribution is 6.07. The first kappa shape index (κ1) is 21.0. The van der Waals surface area contributed by atoms with Crippen molar-refractivity contribution >= 4 is 11.9 Å². The van der Waals surface area contributed by atoms with Crippen LogP contribution in [0.25, 0.3) is 0 Å². The van der Waals surface area contributed by atoms with Gasteiger partial charge < -0.3 is 24.6 Å². The maximum absolute atomic E-state index is 13.1. The van der Waals surface area contributed by atoms with E-state index in [-0.39, 0.29) is 13.2 Å². The van der Waals surface area contributed by atoms with Gasteiger partial charge in [0.25, 0.3) is 5.91 Å². The lowest BCUT2D eigenvalue weighted by molar-refractivity contribution is -0.132. The first-order valence-corrected chi connectivity index (χ1v) is 10.3. The predicted octanol–water partition coefficient (Wildman–Crippen LogP) is 2.23. The fraction of sp³-hybridized carbons (Fsp3) is 0.391. The van der Waals surface area contributed by atoms with E-state index < -0.39 is 23.6 Å². The van der Waals surface area contributed by atoms with Crippen molar-refractivity contribution in [1.82, 2.24) is 10.2 Å². The van der Waals surface area contributed by atoms with Crippen molar-refractivity contribution < 1.29 is 28.9 Å². The van der Waals surface area contributed by atoms with Crippen LogP contribution < -0.4 is 19.5 Å². The van der Waals surface area contributed by atoms with Crippen molar-refractivity contribution in [2.75, 3.05) is 26.4 Å². The SMILES string of the molecule is CCc1ccc(OC[C@H](O)CN2C(=O)N[C@@](C)(c3ccc4c(c3)OCCO4)C2=O)cc1. The zero-order valence-electron chi connectivity index (χ0n) is 17.6. The number of fused-ring (bicyclic) bond motifs is 1. The summed E-state index contributed by atoms with van der Waals surface area (Å²) in [5.74, 6) is 1.31. The number of rotatable bonds is 7. The number of nitrogens with zero attached hydrogens (tertiary/aromatic N) is 1. The number of carbonyl (C=O) groups is 2. The van der Waals surface area contributed by atoms with E-state index in [0.717, 1.165) is 11.3 Å². The summed E-state index contributed by atoms with van der Waals surface area (Å²) >= 11 is 0. The Balaban J connectivity index is 1.41. The summed E-state index contributed by atoms with van der Waals surface area (Å²) in [5.41, 5.74) is 0.508. The van der Waals surface area contributed by atoms with Crippen LogP contribution in [0.3, 0.4) is 0 Å². The maximum atomic E-state index is 13.1. The Kier molecular flexibility index (Phi) is 5.73. The molecule has 2 aliphatic rings. The first-order valence-electron chi connectivity index (χ1n) is 10.3. The highest BCUT2D eigenvalue weighted by atomic mass is 16.6. The molecule has 2 heterocycles. The number of hydrogen-bond acceptors (Lipinski definition) is 6. The number of aliphatic hydroxyl groups excluding tert-OH is 1. The van der Waals surface area contributed by atoms with Crippen LogP contribution in [0.2, 0.25) is 0 Å². The second-order valence-electron chi connectivity index (χ2n) is 7.79. The fourth-order valence-electron chi connectivity index (χ4n) is 3.69. The molecule has 0 aromatic heterocycles. The molecule has 1 fully saturated rings. The van der Waals surface area contributed by atoms with E-state index in [1.807, 2.05) is 24.3 Å². The van der Waals surface area contributed by atoms with Crippen molar-refractivity contribution in [1.29, 1.82) is 0 Å². The van der Waals surface area contributed by atoms with Gasteiger partial charge >= 0.3 is 6.03 Å². The van der Waals surface area contributed by atoms with E-state index in [0.29, 0.717) is 36.0 Å². The standard InChI is InChI=1S/C23H26N2O6/c1-3-15-4-7-18(8-5-15)31-14-17(26)13-25-21(27)23(2,24-22(25)28)16-6-9-19-20(12-16)30-11-10-29-19/h4-9,12,17,26H,3,10-11,13-14H2,1-2H3,(H,24,28)/t17-,23+/m1/s1. The molecule has 2 aromatic carbocycles. The predicted molar refractivity (Wildman–Crippen MR) is 112 cm³/mol. The van der Waals surface area contributed by atoms with Crippen LogP contribution in [-0.2, 0) is 16.8 Å². The summed E-state index contributed by atoms with van der Waals surface area (Å²) in [7, 11) is 0. The summed E-state index contributed by atoms with van der Waals surface area (Å²) in [6.07, 6.45) is -0.0970. The molecule has 4 rings (SSSR count). The van der Waals surface area contributed by atoms with Gasteiger partial charge in [-0.2, -0.15) is 0 Å². The normalized spacial score (nSPS) is 21.1. The monoisotopic (exact) mass is 426 g/mol. The van der Waals surface area contributed by atoms with Crippen molar-refractivity contribution in [3.63, 3.8) is 0 Å². The molecule has 0 unspecified atom stereocenters. The molecule has 0 aliphatic carbocycles. The van der Waals surface area contributed by atoms with E-state index in [2.05, 4.69) is 12.2 Å². The van der Waals surface area contributed by atoms with Crippen LogP contribution >= 0.6 is 0 Å². The number of benzene rings is 2. The Morgan fingerprint density at radius 3 is 2.55 bits per heavy atom. The molecular formula is C23H26N2O6. The van der Waals surface area contributed by atoms with E-state index >= 15 is 0 Å². The Bertz CT molecular complexity index is 977. The molecule has 8 nitrogen and oxygen atoms in total. The summed E-state index contributed by atoms with van der Waals surface area (Å²) in [4.78, 5) is 26.7. The van der Waals surface area contributed by atoms with Gasteiger partial charge in [-0.15, -0.1) is 0 Å². The van der Waals surface area contributed by atoms with Gasteiger partial charge in [0.2, 0.25) is 0 Å². The fourth-order valence-corrected chi connectivity index (χ4v) is 3.69. The third-order valence-corrected chi connectivity index (χ3v) is 5.56. The third-order valence-electron chi connectivity index (χ3n) is 5.56. The van der Waals surface area contributed by atoms with E-state index in [1.54, 1.807) is 25.1 Å². The lowest BCUT2D eigenvalue weighted by Crippen LogP contribution is -2.42. The van der Waals surface area contributed by atoms with Crippen molar-refractivity contribution in [3.8, 4) is 17.2 Å². The minimum atomic E-state index is -1.26. The third kappa shape index (κ3) is 4.16. The second-order valence-corrected chi connectivity index (χ2v) is 7.79. The van der Waals surface area contributed by atoms with Gasteiger partial charge in [0.15, 0.2) is 11.5 Å². The maximum Gasteiger partial charge on any atom is 0.325 e. The van der Waals surface area contributed by atoms with Gasteiger partial charge in [-0.3, -0.25) is 9.69 Å². The van der Waals surface area contributed by atoms with Crippen molar-refractivity contribution in [3.05, 3.63) is 53.6 Å². The number of amides is 3. The van der Waals surface area contributed by atoms with Crippen molar-refractivity contribution in [2.24, 2.45) is 0 Å². The minimum Gasteiger partial charge on any atom is -0.491 e. The topological polar surface area (TPSA) is 97.3 Å². The van der Waals surface area contributed by atoms with Gasteiger partial charge in [0, 0.05) is 0 Å². The summed E-state index contributed by atoms with van der Waals surface area (Å²) in [6, 6.07) is 12.2. The van der Waals surface area contributed by atoms with E-state index in [1.165, 1.54) is 5.56 Å². The minimum absolute atomic E-state index is 0.0384.